The van der Waals surface area contributed by atoms with E-state index < -0.39 is 0 Å². The SMILES string of the molecule is CCNC(=NCC1CCC(c2ccccc2)CC1)NC1CCC(=O)N(C)C1.I. The Morgan fingerprint density at radius 3 is 2.50 bits per heavy atom. The number of likely N-dealkylation sites (tertiary alicyclic amines) is 1. The smallest absolute Gasteiger partial charge is 0.222 e. The fourth-order valence-electron chi connectivity index (χ4n) is 4.27. The summed E-state index contributed by atoms with van der Waals surface area (Å²) in [7, 11) is 1.88. The molecular formula is C22H35IN4O. The number of benzene rings is 1. The number of aliphatic imine (C=N–C) groups is 1. The van der Waals surface area contributed by atoms with Crippen LogP contribution in [0.15, 0.2) is 35.3 Å². The predicted octanol–water partition coefficient (Wildman–Crippen LogP) is 3.75. The topological polar surface area (TPSA) is 56.7 Å². The number of piperidine rings is 1. The normalized spacial score (nSPS) is 25.8. The van der Waals surface area contributed by atoms with Crippen molar-refractivity contribution in [2.45, 2.75) is 57.4 Å². The van der Waals surface area contributed by atoms with Gasteiger partial charge in [-0.3, -0.25) is 9.79 Å². The zero-order valence-corrected chi connectivity index (χ0v) is 19.5. The summed E-state index contributed by atoms with van der Waals surface area (Å²) in [6, 6.07) is 11.2. The lowest BCUT2D eigenvalue weighted by Crippen LogP contribution is -2.51. The van der Waals surface area contributed by atoms with Crippen molar-refractivity contribution in [2.24, 2.45) is 10.9 Å². The van der Waals surface area contributed by atoms with Gasteiger partial charge >= 0.3 is 0 Å². The highest BCUT2D eigenvalue weighted by molar-refractivity contribution is 14.0. The highest BCUT2D eigenvalue weighted by Gasteiger charge is 2.24. The van der Waals surface area contributed by atoms with Gasteiger partial charge in [0.05, 0.1) is 0 Å². The number of halogens is 1. The van der Waals surface area contributed by atoms with E-state index in [1.165, 1.54) is 31.2 Å². The van der Waals surface area contributed by atoms with E-state index in [-0.39, 0.29) is 29.9 Å². The molecule has 6 heteroatoms. The van der Waals surface area contributed by atoms with Crippen molar-refractivity contribution in [1.82, 2.24) is 15.5 Å². The van der Waals surface area contributed by atoms with Gasteiger partial charge in [-0.2, -0.15) is 0 Å². The van der Waals surface area contributed by atoms with E-state index in [1.54, 1.807) is 0 Å². The molecule has 0 spiro atoms. The Balaban J connectivity index is 0.00000280. The van der Waals surface area contributed by atoms with Gasteiger partial charge in [0.25, 0.3) is 0 Å². The predicted molar refractivity (Wildman–Crippen MR) is 126 cm³/mol. The van der Waals surface area contributed by atoms with Gasteiger partial charge in [0.15, 0.2) is 5.96 Å². The second-order valence-electron chi connectivity index (χ2n) is 8.00. The summed E-state index contributed by atoms with van der Waals surface area (Å²) in [5, 5.41) is 6.89. The van der Waals surface area contributed by atoms with Crippen molar-refractivity contribution >= 4 is 35.8 Å². The molecule has 2 N–H and O–H groups in total. The molecule has 1 atom stereocenters. The lowest BCUT2D eigenvalue weighted by Gasteiger charge is -2.31. The van der Waals surface area contributed by atoms with E-state index >= 15 is 0 Å². The summed E-state index contributed by atoms with van der Waals surface area (Å²) >= 11 is 0. The van der Waals surface area contributed by atoms with Crippen LogP contribution in [0.2, 0.25) is 0 Å². The van der Waals surface area contributed by atoms with Crippen molar-refractivity contribution < 1.29 is 4.79 Å². The molecule has 1 aliphatic carbocycles. The Bertz CT molecular complexity index is 629. The van der Waals surface area contributed by atoms with Gasteiger partial charge in [0.2, 0.25) is 5.91 Å². The molecule has 2 aliphatic rings. The van der Waals surface area contributed by atoms with Gasteiger partial charge < -0.3 is 15.5 Å². The molecule has 5 nitrogen and oxygen atoms in total. The van der Waals surface area contributed by atoms with Gasteiger partial charge in [-0.15, -0.1) is 24.0 Å². The lowest BCUT2D eigenvalue weighted by molar-refractivity contribution is -0.132. The first-order valence-electron chi connectivity index (χ1n) is 10.5. The highest BCUT2D eigenvalue weighted by atomic mass is 127. The number of likely N-dealkylation sites (N-methyl/N-ethyl adjacent to an activating group) is 1. The van der Waals surface area contributed by atoms with Crippen LogP contribution < -0.4 is 10.6 Å². The van der Waals surface area contributed by atoms with E-state index in [1.807, 2.05) is 11.9 Å². The zero-order valence-electron chi connectivity index (χ0n) is 17.2. The standard InChI is InChI=1S/C22H34N4O.HI/c1-3-23-22(25-20-13-14-21(27)26(2)16-20)24-15-17-9-11-19(12-10-17)18-7-5-4-6-8-18;/h4-8,17,19-20H,3,9-16H2,1-2H3,(H2,23,24,25);1H. The lowest BCUT2D eigenvalue weighted by atomic mass is 9.79. The average Bonchev–Trinajstić information content (AvgIpc) is 2.70. The Morgan fingerprint density at radius 1 is 1.14 bits per heavy atom. The number of amides is 1. The quantitative estimate of drug-likeness (QED) is 0.370. The summed E-state index contributed by atoms with van der Waals surface area (Å²) < 4.78 is 0. The minimum absolute atomic E-state index is 0. The molecule has 156 valence electrons. The van der Waals surface area contributed by atoms with Crippen molar-refractivity contribution in [3.63, 3.8) is 0 Å². The first kappa shape index (κ1) is 23.0. The fraction of sp³-hybridized carbons (Fsp3) is 0.636. The molecule has 1 aliphatic heterocycles. The van der Waals surface area contributed by atoms with Crippen LogP contribution in [-0.2, 0) is 4.79 Å². The second kappa shape index (κ2) is 11.6. The van der Waals surface area contributed by atoms with Crippen LogP contribution in [0.1, 0.15) is 56.9 Å². The van der Waals surface area contributed by atoms with Gasteiger partial charge in [0, 0.05) is 39.1 Å². The van der Waals surface area contributed by atoms with Gasteiger partial charge in [-0.05, 0) is 56.4 Å². The van der Waals surface area contributed by atoms with Crippen LogP contribution >= 0.6 is 24.0 Å². The average molecular weight is 498 g/mol. The van der Waals surface area contributed by atoms with Crippen molar-refractivity contribution in [3.05, 3.63) is 35.9 Å². The number of guanidine groups is 1. The molecule has 28 heavy (non-hydrogen) atoms. The molecule has 1 amide bonds. The summed E-state index contributed by atoms with van der Waals surface area (Å²) in [5.74, 6) is 2.53. The number of hydrogen-bond acceptors (Lipinski definition) is 2. The van der Waals surface area contributed by atoms with Crippen molar-refractivity contribution in [1.29, 1.82) is 0 Å². The minimum Gasteiger partial charge on any atom is -0.357 e. The summed E-state index contributed by atoms with van der Waals surface area (Å²) in [5.41, 5.74) is 1.49. The molecule has 0 bridgehead atoms. The summed E-state index contributed by atoms with van der Waals surface area (Å²) in [4.78, 5) is 18.3. The Kier molecular flexibility index (Phi) is 9.55. The molecule has 2 fully saturated rings. The maximum atomic E-state index is 11.7. The third-order valence-corrected chi connectivity index (χ3v) is 5.94. The first-order chi connectivity index (χ1) is 13.2. The van der Waals surface area contributed by atoms with E-state index in [0.717, 1.165) is 32.0 Å². The van der Waals surface area contributed by atoms with Gasteiger partial charge in [-0.1, -0.05) is 30.3 Å². The largest absolute Gasteiger partial charge is 0.357 e. The van der Waals surface area contributed by atoms with Crippen LogP contribution in [0.3, 0.4) is 0 Å². The van der Waals surface area contributed by atoms with Gasteiger partial charge in [0.1, 0.15) is 0 Å². The van der Waals surface area contributed by atoms with Gasteiger partial charge in [-0.25, -0.2) is 0 Å². The molecule has 0 radical (unpaired) electrons. The fourth-order valence-corrected chi connectivity index (χ4v) is 4.27. The first-order valence-corrected chi connectivity index (χ1v) is 10.5. The third kappa shape index (κ3) is 6.64. The minimum atomic E-state index is 0. The van der Waals surface area contributed by atoms with E-state index in [4.69, 9.17) is 4.99 Å². The molecule has 0 aromatic heterocycles. The Morgan fingerprint density at radius 2 is 1.86 bits per heavy atom. The number of carbonyl (C=O) groups is 1. The van der Waals surface area contributed by atoms with E-state index in [0.29, 0.717) is 24.3 Å². The molecule has 1 saturated carbocycles. The molecule has 1 unspecified atom stereocenters. The highest BCUT2D eigenvalue weighted by Crippen LogP contribution is 2.35. The van der Waals surface area contributed by atoms with E-state index in [2.05, 4.69) is 47.9 Å². The van der Waals surface area contributed by atoms with Crippen molar-refractivity contribution in [2.75, 3.05) is 26.7 Å². The number of carbonyl (C=O) groups excluding carboxylic acids is 1. The zero-order chi connectivity index (χ0) is 19.1. The number of hydrogen-bond donors (Lipinski definition) is 2. The number of rotatable bonds is 5. The maximum absolute atomic E-state index is 11.7. The summed E-state index contributed by atoms with van der Waals surface area (Å²) in [6.07, 6.45) is 6.55. The molecule has 3 rings (SSSR count). The van der Waals surface area contributed by atoms with Crippen LogP contribution in [-0.4, -0.2) is 49.5 Å². The molecule has 1 aromatic rings. The van der Waals surface area contributed by atoms with Crippen LogP contribution in [0.4, 0.5) is 0 Å². The van der Waals surface area contributed by atoms with Crippen LogP contribution in [0.5, 0.6) is 0 Å². The monoisotopic (exact) mass is 498 g/mol. The molecular weight excluding hydrogens is 463 g/mol. The van der Waals surface area contributed by atoms with E-state index in [9.17, 15) is 4.79 Å². The third-order valence-electron chi connectivity index (χ3n) is 5.94. The molecule has 1 aromatic carbocycles. The number of nitrogens with zero attached hydrogens (tertiary/aromatic N) is 2. The molecule has 1 saturated heterocycles. The Labute approximate surface area is 186 Å². The molecule has 1 heterocycles. The van der Waals surface area contributed by atoms with Crippen LogP contribution in [0.25, 0.3) is 0 Å². The maximum Gasteiger partial charge on any atom is 0.222 e. The number of nitrogens with one attached hydrogen (secondary N) is 2. The van der Waals surface area contributed by atoms with Crippen molar-refractivity contribution in [3.8, 4) is 0 Å². The second-order valence-corrected chi connectivity index (χ2v) is 8.00. The van der Waals surface area contributed by atoms with Crippen LogP contribution in [0, 0.1) is 5.92 Å². The Hall–Kier alpha value is -1.31. The summed E-state index contributed by atoms with van der Waals surface area (Å²) in [6.45, 7) is 4.59.